The number of carbonyl (C=O) groups is 1. The van der Waals surface area contributed by atoms with Gasteiger partial charge >= 0.3 is 6.09 Å². The molecule has 1 heterocycles. The Morgan fingerprint density at radius 1 is 1.48 bits per heavy atom. The molecule has 2 unspecified atom stereocenters. The molecular weight excluding hydrogens is 313 g/mol. The van der Waals surface area contributed by atoms with Crippen molar-refractivity contribution < 1.29 is 23.7 Å². The van der Waals surface area contributed by atoms with Crippen molar-refractivity contribution in [3.63, 3.8) is 0 Å². The lowest BCUT2D eigenvalue weighted by atomic mass is 10.2. The summed E-state index contributed by atoms with van der Waals surface area (Å²) in [7, 11) is 1.54. The monoisotopic (exact) mass is 337 g/mol. The van der Waals surface area contributed by atoms with Crippen LogP contribution in [0.5, 0.6) is 0 Å². The fourth-order valence-corrected chi connectivity index (χ4v) is 3.30. The second-order valence-corrected chi connectivity index (χ2v) is 9.24. The zero-order chi connectivity index (χ0) is 16.1. The number of amides is 1. The molecule has 21 heavy (non-hydrogen) atoms. The molecule has 1 amide bonds. The molecule has 0 saturated heterocycles. The molecule has 0 aromatic carbocycles. The van der Waals surface area contributed by atoms with Crippen molar-refractivity contribution in [2.45, 2.75) is 45.1 Å². The molecule has 6 nitrogen and oxygen atoms in total. The maximum absolute atomic E-state index is 12.2. The molecular formula is C13H24NO5PS. The Morgan fingerprint density at radius 2 is 2.10 bits per heavy atom. The first kappa shape index (κ1) is 18.6. The van der Waals surface area contributed by atoms with Crippen molar-refractivity contribution >= 4 is 24.4 Å². The van der Waals surface area contributed by atoms with Gasteiger partial charge in [0.05, 0.1) is 6.61 Å². The minimum atomic E-state index is -2.89. The van der Waals surface area contributed by atoms with Gasteiger partial charge in [-0.3, -0.25) is 4.90 Å². The number of carbonyl (C=O) groups excluding carboxylic acids is 1. The summed E-state index contributed by atoms with van der Waals surface area (Å²) in [5, 5.41) is 0. The summed E-state index contributed by atoms with van der Waals surface area (Å²) < 4.78 is 16.2. The topological polar surface area (TPSA) is 68.2 Å². The van der Waals surface area contributed by atoms with Crippen LogP contribution in [-0.2, 0) is 25.8 Å². The first-order valence-electron chi connectivity index (χ1n) is 6.84. The number of allylic oxidation sites excluding steroid dienone is 1. The Kier molecular flexibility index (Phi) is 6.81. The lowest BCUT2D eigenvalue weighted by Crippen LogP contribution is -2.47. The van der Waals surface area contributed by atoms with E-state index in [9.17, 15) is 9.69 Å². The molecule has 1 rings (SSSR count). The largest absolute Gasteiger partial charge is 0.419 e. The Hall–Kier alpha value is -0.460. The highest BCUT2D eigenvalue weighted by atomic mass is 32.5. The number of hydrogen-bond donors (Lipinski definition) is 1. The lowest BCUT2D eigenvalue weighted by molar-refractivity contribution is -0.127. The first-order valence-corrected chi connectivity index (χ1v) is 9.96. The molecule has 0 radical (unpaired) electrons. The van der Waals surface area contributed by atoms with Gasteiger partial charge in [-0.05, 0) is 38.5 Å². The van der Waals surface area contributed by atoms with E-state index < -0.39 is 24.6 Å². The summed E-state index contributed by atoms with van der Waals surface area (Å²) >= 11 is 4.87. The van der Waals surface area contributed by atoms with Gasteiger partial charge in [0, 0.05) is 20.1 Å². The average Bonchev–Trinajstić information content (AvgIpc) is 2.28. The molecule has 122 valence electrons. The van der Waals surface area contributed by atoms with Gasteiger partial charge < -0.3 is 18.9 Å². The minimum absolute atomic E-state index is 0.518. The summed E-state index contributed by atoms with van der Waals surface area (Å²) in [6, 6.07) is 0. The maximum atomic E-state index is 12.2. The van der Waals surface area contributed by atoms with Crippen LogP contribution < -0.4 is 0 Å². The summed E-state index contributed by atoms with van der Waals surface area (Å²) in [4.78, 5) is 23.1. The molecule has 1 aliphatic heterocycles. The Morgan fingerprint density at radius 3 is 2.71 bits per heavy atom. The third kappa shape index (κ3) is 6.89. The summed E-state index contributed by atoms with van der Waals surface area (Å²) in [6.07, 6.45) is 5.19. The molecule has 1 aliphatic rings. The molecule has 0 fully saturated rings. The summed E-state index contributed by atoms with van der Waals surface area (Å²) in [5.41, 5.74) is -1.06. The van der Waals surface area contributed by atoms with Crippen LogP contribution in [0, 0.1) is 0 Å². The van der Waals surface area contributed by atoms with Gasteiger partial charge in [-0.15, -0.1) is 0 Å². The second-order valence-electron chi connectivity index (χ2n) is 5.42. The van der Waals surface area contributed by atoms with Crippen molar-refractivity contribution in [1.82, 2.24) is 4.90 Å². The number of ether oxygens (including phenoxy) is 2. The SMILES string of the molecule is CN(C(=O)OC1CC/C=C/CCO1)C(C)(C)OP(C)(O)=S. The molecule has 0 saturated carbocycles. The van der Waals surface area contributed by atoms with Crippen LogP contribution in [0.1, 0.15) is 33.1 Å². The van der Waals surface area contributed by atoms with Crippen LogP contribution in [0.25, 0.3) is 0 Å². The van der Waals surface area contributed by atoms with Gasteiger partial charge in [-0.2, -0.15) is 0 Å². The molecule has 8 heteroatoms. The van der Waals surface area contributed by atoms with Crippen LogP contribution in [-0.4, -0.2) is 48.2 Å². The van der Waals surface area contributed by atoms with Gasteiger partial charge in [0.25, 0.3) is 0 Å². The van der Waals surface area contributed by atoms with E-state index in [1.807, 2.05) is 0 Å². The van der Waals surface area contributed by atoms with Crippen LogP contribution >= 0.6 is 6.49 Å². The smallest absolute Gasteiger partial charge is 0.414 e. The third-order valence-corrected chi connectivity index (χ3v) is 4.04. The molecule has 2 atom stereocenters. The molecule has 0 aliphatic carbocycles. The van der Waals surface area contributed by atoms with Crippen LogP contribution in [0.4, 0.5) is 4.79 Å². The van der Waals surface area contributed by atoms with Crippen molar-refractivity contribution in [3.05, 3.63) is 12.2 Å². The van der Waals surface area contributed by atoms with Crippen LogP contribution in [0.2, 0.25) is 0 Å². The van der Waals surface area contributed by atoms with Crippen molar-refractivity contribution in [3.8, 4) is 0 Å². The van der Waals surface area contributed by atoms with E-state index in [0.29, 0.717) is 13.0 Å². The highest BCUT2D eigenvalue weighted by molar-refractivity contribution is 8.09. The predicted octanol–water partition coefficient (Wildman–Crippen LogP) is 2.82. The summed E-state index contributed by atoms with van der Waals surface area (Å²) in [5.74, 6) is 0. The Bertz CT molecular complexity index is 434. The quantitative estimate of drug-likeness (QED) is 0.483. The van der Waals surface area contributed by atoms with Gasteiger partial charge in [-0.1, -0.05) is 12.2 Å². The van der Waals surface area contributed by atoms with E-state index in [2.05, 4.69) is 12.2 Å². The average molecular weight is 337 g/mol. The van der Waals surface area contributed by atoms with Crippen molar-refractivity contribution in [2.24, 2.45) is 0 Å². The maximum Gasteiger partial charge on any atom is 0.414 e. The normalized spacial score (nSPS) is 24.3. The second kappa shape index (κ2) is 7.70. The summed E-state index contributed by atoms with van der Waals surface area (Å²) in [6.45, 7) is 2.36. The van der Waals surface area contributed by atoms with Gasteiger partial charge in [0.1, 0.15) is 5.72 Å². The molecule has 0 spiro atoms. The van der Waals surface area contributed by atoms with Crippen molar-refractivity contribution in [2.75, 3.05) is 20.3 Å². The zero-order valence-corrected chi connectivity index (χ0v) is 14.7. The van der Waals surface area contributed by atoms with Gasteiger partial charge in [-0.25, -0.2) is 4.79 Å². The highest BCUT2D eigenvalue weighted by Crippen LogP contribution is 2.43. The zero-order valence-electron chi connectivity index (χ0n) is 12.9. The molecule has 0 aromatic heterocycles. The van der Waals surface area contributed by atoms with Gasteiger partial charge in [0.15, 0.2) is 6.49 Å². The standard InChI is InChI=1S/C13H24NO5PS/c1-13(2,19-20(4,16)21)14(3)12(15)18-11-9-7-5-6-8-10-17-11/h5-6,11H,7-10H2,1-4H3,(H,16,21)/b6-5+. The molecule has 0 bridgehead atoms. The first-order chi connectivity index (χ1) is 9.62. The predicted molar refractivity (Wildman–Crippen MR) is 84.6 cm³/mol. The fourth-order valence-electron chi connectivity index (χ4n) is 1.80. The lowest BCUT2D eigenvalue weighted by Gasteiger charge is -2.36. The third-order valence-electron chi connectivity index (χ3n) is 3.03. The minimum Gasteiger partial charge on any atom is -0.419 e. The van der Waals surface area contributed by atoms with Crippen LogP contribution in [0.3, 0.4) is 0 Å². The number of hydrogen-bond acceptors (Lipinski definition) is 5. The van der Waals surface area contributed by atoms with E-state index in [4.69, 9.17) is 25.8 Å². The van der Waals surface area contributed by atoms with E-state index in [1.54, 1.807) is 13.8 Å². The fraction of sp³-hybridized carbons (Fsp3) is 0.769. The highest BCUT2D eigenvalue weighted by Gasteiger charge is 2.34. The molecule has 0 aromatic rings. The Balaban J connectivity index is 2.60. The molecule has 1 N–H and O–H groups in total. The van der Waals surface area contributed by atoms with E-state index in [1.165, 1.54) is 18.6 Å². The van der Waals surface area contributed by atoms with E-state index >= 15 is 0 Å². The Labute approximate surface area is 131 Å². The number of rotatable bonds is 4. The van der Waals surface area contributed by atoms with Gasteiger partial charge in [0.2, 0.25) is 6.29 Å². The van der Waals surface area contributed by atoms with Crippen molar-refractivity contribution in [1.29, 1.82) is 0 Å². The van der Waals surface area contributed by atoms with E-state index in [0.717, 1.165) is 12.8 Å². The van der Waals surface area contributed by atoms with Crippen LogP contribution in [0.15, 0.2) is 12.2 Å². The number of nitrogens with zero attached hydrogens (tertiary/aromatic N) is 1. The van der Waals surface area contributed by atoms with E-state index in [-0.39, 0.29) is 0 Å².